The molecule has 0 bridgehead atoms. The minimum absolute atomic E-state index is 0.284. The molecule has 0 aliphatic carbocycles. The number of halogens is 1. The second kappa shape index (κ2) is 4.40. The van der Waals surface area contributed by atoms with Gasteiger partial charge in [0.25, 0.3) is 5.82 Å². The van der Waals surface area contributed by atoms with Gasteiger partial charge in [0.15, 0.2) is 5.52 Å². The van der Waals surface area contributed by atoms with Crippen molar-refractivity contribution in [3.05, 3.63) is 39.8 Å². The molecule has 0 aliphatic rings. The molecule has 2 heterocycles. The highest BCUT2D eigenvalue weighted by Gasteiger charge is 2.18. The first-order valence-electron chi connectivity index (χ1n) is 5.51. The molecule has 0 saturated heterocycles. The molecule has 0 saturated carbocycles. The molecule has 0 aliphatic heterocycles. The predicted octanol–water partition coefficient (Wildman–Crippen LogP) is 1.39. The molecule has 7 heteroatoms. The van der Waals surface area contributed by atoms with Gasteiger partial charge in [0.05, 0.1) is 13.3 Å². The van der Waals surface area contributed by atoms with Crippen LogP contribution >= 0.6 is 11.6 Å². The smallest absolute Gasteiger partial charge is 0.315 e. The monoisotopic (exact) mass is 277 g/mol. The average molecular weight is 278 g/mol. The second-order valence-corrected chi connectivity index (χ2v) is 4.39. The Morgan fingerprint density at radius 1 is 1.42 bits per heavy atom. The zero-order valence-corrected chi connectivity index (χ0v) is 10.7. The van der Waals surface area contributed by atoms with E-state index in [0.29, 0.717) is 27.6 Å². The lowest BCUT2D eigenvalue weighted by molar-refractivity contribution is -0.331. The van der Waals surface area contributed by atoms with Crippen LogP contribution in [-0.4, -0.2) is 22.3 Å². The Hall–Kier alpha value is -2.34. The molecule has 0 unspecified atom stereocenters. The normalized spacial score (nSPS) is 10.8. The maximum absolute atomic E-state index is 11.6. The summed E-state index contributed by atoms with van der Waals surface area (Å²) < 4.78 is 5.28. The van der Waals surface area contributed by atoms with Crippen LogP contribution in [0.4, 0.5) is 0 Å². The Bertz CT molecular complexity index is 809. The molecule has 0 atom stereocenters. The zero-order chi connectivity index (χ0) is 13.4. The van der Waals surface area contributed by atoms with Gasteiger partial charge in [-0.3, -0.25) is 4.79 Å². The van der Waals surface area contributed by atoms with Crippen LogP contribution < -0.4 is 15.3 Å². The highest BCUT2D eigenvalue weighted by Crippen LogP contribution is 2.29. The van der Waals surface area contributed by atoms with E-state index < -0.39 is 0 Å². The molecule has 0 spiro atoms. The lowest BCUT2D eigenvalue weighted by Crippen LogP contribution is -2.15. The van der Waals surface area contributed by atoms with Crippen molar-refractivity contribution in [2.75, 3.05) is 7.11 Å². The van der Waals surface area contributed by atoms with Crippen molar-refractivity contribution >= 4 is 22.6 Å². The first-order valence-corrected chi connectivity index (χ1v) is 5.89. The maximum Gasteiger partial charge on any atom is 0.315 e. The molecular weight excluding hydrogens is 268 g/mol. The van der Waals surface area contributed by atoms with Crippen LogP contribution in [-0.2, 0) is 0 Å². The van der Waals surface area contributed by atoms with E-state index >= 15 is 0 Å². The van der Waals surface area contributed by atoms with Crippen molar-refractivity contribution in [3.8, 4) is 17.1 Å². The molecule has 6 nitrogen and oxygen atoms in total. The predicted molar refractivity (Wildman–Crippen MR) is 70.3 cm³/mol. The summed E-state index contributed by atoms with van der Waals surface area (Å²) in [6.07, 6.45) is 1.54. The zero-order valence-electron chi connectivity index (χ0n) is 9.95. The molecule has 0 fully saturated rings. The summed E-state index contributed by atoms with van der Waals surface area (Å²) in [4.78, 5) is 17.7. The summed E-state index contributed by atoms with van der Waals surface area (Å²) in [5.74, 6) is 1.27. The Kier molecular flexibility index (Phi) is 2.72. The number of nitrogens with one attached hydrogen (secondary N) is 3. The van der Waals surface area contributed by atoms with Crippen LogP contribution in [0, 0.1) is 0 Å². The maximum atomic E-state index is 11.6. The standard InChI is InChI=1S/C12H9ClN4O2/c1-19-9-4-6(13)2-3-7(9)11-15-8-5-14-17-12(18)10(8)16-11/h2-5H,1H3,(H,15,16)(H,17,18)/p+1. The number of rotatable bonds is 2. The Labute approximate surface area is 112 Å². The quantitative estimate of drug-likeness (QED) is 0.742. The van der Waals surface area contributed by atoms with Gasteiger partial charge in [0, 0.05) is 5.02 Å². The number of ether oxygens (including phenoxy) is 1. The van der Waals surface area contributed by atoms with Crippen molar-refractivity contribution in [1.82, 2.24) is 15.2 Å². The number of fused-ring (bicyclic) bond motifs is 1. The lowest BCUT2D eigenvalue weighted by Gasteiger charge is -2.03. The number of hydrogen-bond donors (Lipinski definition) is 2. The molecule has 1 aromatic carbocycles. The van der Waals surface area contributed by atoms with Crippen LogP contribution in [0.15, 0.2) is 29.2 Å². The van der Waals surface area contributed by atoms with Gasteiger partial charge in [-0.2, -0.15) is 5.10 Å². The van der Waals surface area contributed by atoms with Crippen LogP contribution in [0.3, 0.4) is 0 Å². The number of hydrogen-bond acceptors (Lipinski definition) is 3. The van der Waals surface area contributed by atoms with Crippen molar-refractivity contribution in [2.24, 2.45) is 0 Å². The molecule has 96 valence electrons. The highest BCUT2D eigenvalue weighted by atomic mass is 35.5. The number of H-pyrrole nitrogens is 3. The van der Waals surface area contributed by atoms with Gasteiger partial charge in [-0.15, -0.1) is 0 Å². The topological polar surface area (TPSA) is 84.9 Å². The first-order chi connectivity index (χ1) is 9.19. The molecular formula is C12H10ClN4O2+. The molecule has 0 amide bonds. The Balaban J connectivity index is 2.25. The summed E-state index contributed by atoms with van der Waals surface area (Å²) in [6.45, 7) is 0. The number of methoxy groups -OCH3 is 1. The molecule has 3 N–H and O–H groups in total. The minimum atomic E-state index is -0.284. The molecule has 3 rings (SSSR count). The van der Waals surface area contributed by atoms with E-state index in [2.05, 4.69) is 20.2 Å². The van der Waals surface area contributed by atoms with Crippen LogP contribution in [0.5, 0.6) is 5.75 Å². The first kappa shape index (κ1) is 11.7. The van der Waals surface area contributed by atoms with Crippen molar-refractivity contribution < 1.29 is 9.72 Å². The number of nitrogens with zero attached hydrogens (tertiary/aromatic N) is 1. The molecule has 19 heavy (non-hydrogen) atoms. The molecule has 2 aromatic heterocycles. The molecule has 0 radical (unpaired) electrons. The Morgan fingerprint density at radius 3 is 3.00 bits per heavy atom. The summed E-state index contributed by atoms with van der Waals surface area (Å²) in [7, 11) is 1.56. The van der Waals surface area contributed by atoms with E-state index in [1.807, 2.05) is 6.07 Å². The highest BCUT2D eigenvalue weighted by molar-refractivity contribution is 6.30. The minimum Gasteiger partial charge on any atom is -0.496 e. The number of aromatic nitrogens is 4. The fourth-order valence-corrected chi connectivity index (χ4v) is 2.08. The fourth-order valence-electron chi connectivity index (χ4n) is 1.91. The van der Waals surface area contributed by atoms with E-state index in [4.69, 9.17) is 16.3 Å². The Morgan fingerprint density at radius 2 is 2.26 bits per heavy atom. The van der Waals surface area contributed by atoms with Gasteiger partial charge >= 0.3 is 5.56 Å². The van der Waals surface area contributed by atoms with E-state index in [1.54, 1.807) is 25.4 Å². The summed E-state index contributed by atoms with van der Waals surface area (Å²) >= 11 is 5.92. The van der Waals surface area contributed by atoms with E-state index in [1.165, 1.54) is 0 Å². The fraction of sp³-hybridized carbons (Fsp3) is 0.0833. The van der Waals surface area contributed by atoms with Gasteiger partial charge in [-0.1, -0.05) is 11.6 Å². The van der Waals surface area contributed by atoms with E-state index in [0.717, 1.165) is 5.56 Å². The van der Waals surface area contributed by atoms with E-state index in [-0.39, 0.29) is 5.56 Å². The van der Waals surface area contributed by atoms with Gasteiger partial charge in [-0.25, -0.2) is 15.1 Å². The average Bonchev–Trinajstić information content (AvgIpc) is 2.83. The second-order valence-electron chi connectivity index (χ2n) is 3.96. The number of benzene rings is 1. The molecule has 3 aromatic rings. The largest absolute Gasteiger partial charge is 0.496 e. The number of imidazole rings is 1. The third-order valence-electron chi connectivity index (χ3n) is 2.80. The van der Waals surface area contributed by atoms with Gasteiger partial charge in [-0.05, 0) is 18.2 Å². The summed E-state index contributed by atoms with van der Waals surface area (Å²) in [5.41, 5.74) is 1.55. The SMILES string of the molecule is COc1cc(Cl)ccc1-c1[nH]c2cn[nH]c(=O)c2[nH+]1. The third kappa shape index (κ3) is 1.96. The van der Waals surface area contributed by atoms with Gasteiger partial charge in [0.2, 0.25) is 5.52 Å². The van der Waals surface area contributed by atoms with Crippen molar-refractivity contribution in [1.29, 1.82) is 0 Å². The summed E-state index contributed by atoms with van der Waals surface area (Å²) in [6, 6.07) is 5.27. The van der Waals surface area contributed by atoms with Crippen LogP contribution in [0.25, 0.3) is 22.4 Å². The third-order valence-corrected chi connectivity index (χ3v) is 3.03. The van der Waals surface area contributed by atoms with Gasteiger partial charge in [0.1, 0.15) is 11.3 Å². The van der Waals surface area contributed by atoms with Crippen molar-refractivity contribution in [3.63, 3.8) is 0 Å². The summed E-state index contributed by atoms with van der Waals surface area (Å²) in [5, 5.41) is 6.68. The lowest BCUT2D eigenvalue weighted by atomic mass is 10.2. The number of aromatic amines is 3. The van der Waals surface area contributed by atoms with Crippen molar-refractivity contribution in [2.45, 2.75) is 0 Å². The van der Waals surface area contributed by atoms with E-state index in [9.17, 15) is 4.79 Å². The van der Waals surface area contributed by atoms with Crippen LogP contribution in [0.1, 0.15) is 0 Å². The van der Waals surface area contributed by atoms with Crippen LogP contribution in [0.2, 0.25) is 5.02 Å². The van der Waals surface area contributed by atoms with Gasteiger partial charge < -0.3 is 4.74 Å².